The van der Waals surface area contributed by atoms with Gasteiger partial charge in [-0.15, -0.1) is 0 Å². The van der Waals surface area contributed by atoms with E-state index < -0.39 is 0 Å². The summed E-state index contributed by atoms with van der Waals surface area (Å²) in [5.41, 5.74) is 5.44. The fourth-order valence-electron chi connectivity index (χ4n) is 4.10. The van der Waals surface area contributed by atoms with E-state index in [9.17, 15) is 9.59 Å². The lowest BCUT2D eigenvalue weighted by Gasteiger charge is -2.24. The Morgan fingerprint density at radius 3 is 2.00 bits per heavy atom. The summed E-state index contributed by atoms with van der Waals surface area (Å²) in [6.07, 6.45) is 0.280. The second kappa shape index (κ2) is 11.3. The molecule has 4 aromatic carbocycles. The number of rotatable bonds is 8. The number of benzene rings is 4. The first kappa shape index (κ1) is 24.0. The van der Waals surface area contributed by atoms with E-state index in [0.717, 1.165) is 27.9 Å². The largest absolute Gasteiger partial charge is 0.349 e. The van der Waals surface area contributed by atoms with E-state index in [1.807, 2.05) is 123 Å². The number of carbonyl (C=O) groups excluding carboxylic acids is 2. The molecule has 4 heteroatoms. The third-order valence-electron chi connectivity index (χ3n) is 6.09. The first-order valence-electron chi connectivity index (χ1n) is 11.9. The maximum absolute atomic E-state index is 13.6. The summed E-state index contributed by atoms with van der Waals surface area (Å²) in [4.78, 5) is 28.0. The average Bonchev–Trinajstić information content (AvgIpc) is 2.89. The SMILES string of the molecule is Cc1ccccc1C(=O)N(Cc1ccccc1)c1ccc(CC(=O)N[C@@H](C)c2ccccc2)cc1. The van der Waals surface area contributed by atoms with E-state index in [1.54, 1.807) is 4.90 Å². The van der Waals surface area contributed by atoms with Crippen LogP contribution in [0.3, 0.4) is 0 Å². The van der Waals surface area contributed by atoms with E-state index in [2.05, 4.69) is 5.32 Å². The van der Waals surface area contributed by atoms with Crippen molar-refractivity contribution in [1.82, 2.24) is 5.32 Å². The molecule has 0 aliphatic carbocycles. The van der Waals surface area contributed by atoms with Crippen molar-refractivity contribution in [3.05, 3.63) is 137 Å². The van der Waals surface area contributed by atoms with Crippen LogP contribution in [0, 0.1) is 6.92 Å². The Kier molecular flexibility index (Phi) is 7.74. The molecular formula is C31H30N2O2. The number of nitrogens with zero attached hydrogens (tertiary/aromatic N) is 1. The summed E-state index contributed by atoms with van der Waals surface area (Å²) in [7, 11) is 0. The van der Waals surface area contributed by atoms with Crippen LogP contribution in [0.4, 0.5) is 5.69 Å². The number of carbonyl (C=O) groups is 2. The van der Waals surface area contributed by atoms with Crippen LogP contribution < -0.4 is 10.2 Å². The fourth-order valence-corrected chi connectivity index (χ4v) is 4.10. The first-order valence-corrected chi connectivity index (χ1v) is 11.9. The predicted octanol–water partition coefficient (Wildman–Crippen LogP) is 6.26. The van der Waals surface area contributed by atoms with E-state index >= 15 is 0 Å². The zero-order valence-corrected chi connectivity index (χ0v) is 20.1. The first-order chi connectivity index (χ1) is 17.0. The predicted molar refractivity (Wildman–Crippen MR) is 141 cm³/mol. The van der Waals surface area contributed by atoms with Gasteiger partial charge >= 0.3 is 0 Å². The molecule has 0 aliphatic rings. The van der Waals surface area contributed by atoms with Gasteiger partial charge in [0, 0.05) is 11.3 Å². The van der Waals surface area contributed by atoms with Crippen LogP contribution in [-0.4, -0.2) is 11.8 Å². The normalized spacial score (nSPS) is 11.5. The highest BCUT2D eigenvalue weighted by Gasteiger charge is 2.20. The zero-order chi connectivity index (χ0) is 24.6. The second-order valence-corrected chi connectivity index (χ2v) is 8.73. The van der Waals surface area contributed by atoms with Gasteiger partial charge in [0.2, 0.25) is 5.91 Å². The summed E-state index contributed by atoms with van der Waals surface area (Å²) in [5, 5.41) is 3.06. The minimum Gasteiger partial charge on any atom is -0.349 e. The van der Waals surface area contributed by atoms with Crippen molar-refractivity contribution in [3.8, 4) is 0 Å². The van der Waals surface area contributed by atoms with E-state index in [1.165, 1.54) is 0 Å². The van der Waals surface area contributed by atoms with E-state index in [4.69, 9.17) is 0 Å². The molecule has 0 unspecified atom stereocenters. The molecule has 4 rings (SSSR count). The van der Waals surface area contributed by atoms with Crippen LogP contribution in [0.5, 0.6) is 0 Å². The zero-order valence-electron chi connectivity index (χ0n) is 20.1. The molecule has 0 aromatic heterocycles. The van der Waals surface area contributed by atoms with Crippen LogP contribution in [0.25, 0.3) is 0 Å². The number of hydrogen-bond donors (Lipinski definition) is 1. The molecule has 0 heterocycles. The quantitative estimate of drug-likeness (QED) is 0.336. The maximum Gasteiger partial charge on any atom is 0.258 e. The van der Waals surface area contributed by atoms with Crippen molar-refractivity contribution in [1.29, 1.82) is 0 Å². The molecule has 1 N–H and O–H groups in total. The highest BCUT2D eigenvalue weighted by molar-refractivity contribution is 6.07. The molecular weight excluding hydrogens is 432 g/mol. The fraction of sp³-hybridized carbons (Fsp3) is 0.161. The molecule has 2 amide bonds. The molecule has 0 saturated heterocycles. The van der Waals surface area contributed by atoms with Gasteiger partial charge in [-0.25, -0.2) is 0 Å². The van der Waals surface area contributed by atoms with Gasteiger partial charge < -0.3 is 10.2 Å². The van der Waals surface area contributed by atoms with E-state index in [-0.39, 0.29) is 24.3 Å². The Morgan fingerprint density at radius 1 is 0.743 bits per heavy atom. The van der Waals surface area contributed by atoms with Gasteiger partial charge in [0.1, 0.15) is 0 Å². The third kappa shape index (κ3) is 6.24. The monoisotopic (exact) mass is 462 g/mol. The minimum absolute atomic E-state index is 0.0359. The van der Waals surface area contributed by atoms with Gasteiger partial charge in [-0.1, -0.05) is 91.0 Å². The molecule has 0 bridgehead atoms. The van der Waals surface area contributed by atoms with E-state index in [0.29, 0.717) is 12.1 Å². The number of nitrogens with one attached hydrogen (secondary N) is 1. The van der Waals surface area contributed by atoms with Crippen molar-refractivity contribution >= 4 is 17.5 Å². The van der Waals surface area contributed by atoms with Crippen molar-refractivity contribution in [2.24, 2.45) is 0 Å². The molecule has 0 saturated carbocycles. The van der Waals surface area contributed by atoms with Gasteiger partial charge in [0.15, 0.2) is 0 Å². The lowest BCUT2D eigenvalue weighted by molar-refractivity contribution is -0.121. The standard InChI is InChI=1S/C31H30N2O2/c1-23-11-9-10-16-29(23)31(35)33(22-26-12-5-3-6-13-26)28-19-17-25(18-20-28)21-30(34)32-24(2)27-14-7-4-8-15-27/h3-20,24H,21-22H2,1-2H3,(H,32,34)/t24-/m0/s1. The van der Waals surface area contributed by atoms with Crippen LogP contribution in [-0.2, 0) is 17.8 Å². The van der Waals surface area contributed by atoms with Gasteiger partial charge in [-0.3, -0.25) is 9.59 Å². The molecule has 0 spiro atoms. The van der Waals surface area contributed by atoms with Crippen molar-refractivity contribution in [2.75, 3.05) is 4.90 Å². The van der Waals surface area contributed by atoms with Crippen molar-refractivity contribution < 1.29 is 9.59 Å². The number of anilines is 1. The van der Waals surface area contributed by atoms with Crippen molar-refractivity contribution in [3.63, 3.8) is 0 Å². The number of aryl methyl sites for hydroxylation is 1. The van der Waals surface area contributed by atoms with Crippen LogP contribution in [0.15, 0.2) is 109 Å². The summed E-state index contributed by atoms with van der Waals surface area (Å²) < 4.78 is 0. The van der Waals surface area contributed by atoms with Gasteiger partial charge in [0.05, 0.1) is 19.0 Å². The van der Waals surface area contributed by atoms with Crippen LogP contribution in [0.2, 0.25) is 0 Å². The minimum atomic E-state index is -0.0592. The Labute approximate surface area is 207 Å². The summed E-state index contributed by atoms with van der Waals surface area (Å²) in [6, 6.07) is 35.1. The molecule has 35 heavy (non-hydrogen) atoms. The number of amides is 2. The Morgan fingerprint density at radius 2 is 1.34 bits per heavy atom. The summed E-state index contributed by atoms with van der Waals surface area (Å²) in [6.45, 7) is 4.39. The smallest absolute Gasteiger partial charge is 0.258 e. The molecule has 0 aliphatic heterocycles. The van der Waals surface area contributed by atoms with Crippen LogP contribution >= 0.6 is 0 Å². The lowest BCUT2D eigenvalue weighted by Crippen LogP contribution is -2.31. The molecule has 1 atom stereocenters. The molecule has 4 aromatic rings. The summed E-state index contributed by atoms with van der Waals surface area (Å²) >= 11 is 0. The van der Waals surface area contributed by atoms with Gasteiger partial charge in [0.25, 0.3) is 5.91 Å². The van der Waals surface area contributed by atoms with Gasteiger partial charge in [-0.05, 0) is 54.3 Å². The second-order valence-electron chi connectivity index (χ2n) is 8.73. The molecule has 4 nitrogen and oxygen atoms in total. The molecule has 0 fully saturated rings. The molecule has 176 valence electrons. The third-order valence-corrected chi connectivity index (χ3v) is 6.09. The Bertz CT molecular complexity index is 1270. The highest BCUT2D eigenvalue weighted by atomic mass is 16.2. The Balaban J connectivity index is 1.50. The topological polar surface area (TPSA) is 49.4 Å². The Hall–Kier alpha value is -4.18. The molecule has 0 radical (unpaired) electrons. The number of hydrogen-bond acceptors (Lipinski definition) is 2. The maximum atomic E-state index is 13.6. The van der Waals surface area contributed by atoms with Gasteiger partial charge in [-0.2, -0.15) is 0 Å². The van der Waals surface area contributed by atoms with Crippen molar-refractivity contribution in [2.45, 2.75) is 32.9 Å². The average molecular weight is 463 g/mol. The lowest BCUT2D eigenvalue weighted by atomic mass is 10.1. The summed E-state index contributed by atoms with van der Waals surface area (Å²) in [5.74, 6) is -0.0830. The van der Waals surface area contributed by atoms with Crippen LogP contribution in [0.1, 0.15) is 45.6 Å². The highest BCUT2D eigenvalue weighted by Crippen LogP contribution is 2.23.